The van der Waals surface area contributed by atoms with Crippen LogP contribution in [-0.4, -0.2) is 4.57 Å². The van der Waals surface area contributed by atoms with E-state index in [1.54, 1.807) is 0 Å². The van der Waals surface area contributed by atoms with Crippen LogP contribution in [0.1, 0.15) is 0 Å². The van der Waals surface area contributed by atoms with Crippen LogP contribution in [0.3, 0.4) is 0 Å². The van der Waals surface area contributed by atoms with E-state index in [0.29, 0.717) is 5.92 Å². The second-order valence-electron chi connectivity index (χ2n) is 5.93. The lowest BCUT2D eigenvalue weighted by Crippen LogP contribution is -2.30. The van der Waals surface area contributed by atoms with Crippen molar-refractivity contribution in [2.75, 3.05) is 0 Å². The molecule has 0 radical (unpaired) electrons. The molecule has 3 heteroatoms. The van der Waals surface area contributed by atoms with E-state index in [2.05, 4.69) is 70.8 Å². The largest absolute Gasteiger partial charge is 0.289 e. The summed E-state index contributed by atoms with van der Waals surface area (Å²) in [4.78, 5) is 0. The standard InChI is InChI=1S/C20H18ClN2/c1-22-18-11-4-5-12-19(18)23(14-15-7-2-3-8-15)20(22)16-9-6-10-17(21)13-16/h2-13,15H,14H2,1H3/q+1. The highest BCUT2D eigenvalue weighted by Crippen LogP contribution is 2.27. The van der Waals surface area contributed by atoms with Gasteiger partial charge in [0.05, 0.1) is 12.6 Å². The number of fused-ring (bicyclic) bond motifs is 1. The Morgan fingerprint density at radius 3 is 2.61 bits per heavy atom. The predicted octanol–water partition coefficient (Wildman–Crippen LogP) is 4.53. The zero-order valence-electron chi connectivity index (χ0n) is 13.0. The van der Waals surface area contributed by atoms with Crippen molar-refractivity contribution in [1.29, 1.82) is 0 Å². The molecule has 0 saturated heterocycles. The first-order chi connectivity index (χ1) is 11.2. The van der Waals surface area contributed by atoms with Crippen LogP contribution in [0.15, 0.2) is 72.8 Å². The lowest BCUT2D eigenvalue weighted by molar-refractivity contribution is -0.634. The molecule has 1 heterocycles. The molecule has 114 valence electrons. The van der Waals surface area contributed by atoms with Crippen molar-refractivity contribution in [3.63, 3.8) is 0 Å². The van der Waals surface area contributed by atoms with Gasteiger partial charge in [-0.3, -0.25) is 0 Å². The maximum Gasteiger partial charge on any atom is 0.289 e. The van der Waals surface area contributed by atoms with Crippen molar-refractivity contribution in [1.82, 2.24) is 4.57 Å². The fourth-order valence-electron chi connectivity index (χ4n) is 3.36. The number of nitrogens with zero attached hydrogens (tertiary/aromatic N) is 2. The van der Waals surface area contributed by atoms with E-state index in [1.807, 2.05) is 18.2 Å². The Balaban J connectivity index is 1.95. The molecule has 0 atom stereocenters. The SMILES string of the molecule is C[n+]1c(-c2cccc(Cl)c2)n(CC2C=CC=C2)c2ccccc21. The Morgan fingerprint density at radius 2 is 1.83 bits per heavy atom. The molecule has 0 unspecified atom stereocenters. The average Bonchev–Trinajstić information content (AvgIpc) is 3.16. The first-order valence-electron chi connectivity index (χ1n) is 7.82. The summed E-state index contributed by atoms with van der Waals surface area (Å²) in [7, 11) is 2.12. The summed E-state index contributed by atoms with van der Waals surface area (Å²) in [5.74, 6) is 1.62. The maximum absolute atomic E-state index is 6.23. The van der Waals surface area contributed by atoms with Gasteiger partial charge in [-0.1, -0.05) is 54.1 Å². The van der Waals surface area contributed by atoms with Crippen molar-refractivity contribution in [2.24, 2.45) is 13.0 Å². The van der Waals surface area contributed by atoms with Gasteiger partial charge in [0, 0.05) is 10.9 Å². The number of aromatic nitrogens is 2. The zero-order chi connectivity index (χ0) is 15.8. The molecule has 1 aromatic heterocycles. The van der Waals surface area contributed by atoms with Crippen molar-refractivity contribution in [3.05, 3.63) is 77.9 Å². The van der Waals surface area contributed by atoms with Crippen LogP contribution in [-0.2, 0) is 13.6 Å². The van der Waals surface area contributed by atoms with Gasteiger partial charge in [-0.15, -0.1) is 0 Å². The molecule has 0 bridgehead atoms. The van der Waals surface area contributed by atoms with Gasteiger partial charge in [0.15, 0.2) is 11.0 Å². The van der Waals surface area contributed by atoms with Crippen LogP contribution in [0, 0.1) is 5.92 Å². The molecule has 1 aliphatic carbocycles. The third kappa shape index (κ3) is 2.49. The van der Waals surface area contributed by atoms with Gasteiger partial charge in [-0.05, 0) is 30.3 Å². The first kappa shape index (κ1) is 14.3. The van der Waals surface area contributed by atoms with Gasteiger partial charge >= 0.3 is 0 Å². The molecule has 4 rings (SSSR count). The molecule has 0 fully saturated rings. The number of para-hydroxylation sites is 2. The topological polar surface area (TPSA) is 8.81 Å². The van der Waals surface area contributed by atoms with E-state index >= 15 is 0 Å². The molecule has 0 N–H and O–H groups in total. The van der Waals surface area contributed by atoms with Crippen LogP contribution < -0.4 is 4.57 Å². The molecule has 0 spiro atoms. The quantitative estimate of drug-likeness (QED) is 0.627. The highest BCUT2D eigenvalue weighted by molar-refractivity contribution is 6.30. The molecule has 1 aliphatic rings. The molecule has 2 nitrogen and oxygen atoms in total. The molecule has 0 amide bonds. The smallest absolute Gasteiger partial charge is 0.226 e. The van der Waals surface area contributed by atoms with Gasteiger partial charge in [0.25, 0.3) is 5.82 Å². The van der Waals surface area contributed by atoms with E-state index < -0.39 is 0 Å². The molecular formula is C20H18ClN2+. The van der Waals surface area contributed by atoms with Crippen molar-refractivity contribution >= 4 is 22.6 Å². The van der Waals surface area contributed by atoms with E-state index in [4.69, 9.17) is 11.6 Å². The normalized spacial score (nSPS) is 14.2. The Kier molecular flexibility index (Phi) is 3.55. The Labute approximate surface area is 140 Å². The van der Waals surface area contributed by atoms with Gasteiger partial charge in [-0.2, -0.15) is 0 Å². The summed E-state index contributed by atoms with van der Waals surface area (Å²) in [5.41, 5.74) is 3.62. The van der Waals surface area contributed by atoms with Crippen molar-refractivity contribution in [3.8, 4) is 11.4 Å². The van der Waals surface area contributed by atoms with E-state index in [0.717, 1.165) is 17.1 Å². The fourth-order valence-corrected chi connectivity index (χ4v) is 3.55. The van der Waals surface area contributed by atoms with Gasteiger partial charge in [0.1, 0.15) is 6.54 Å². The number of halogens is 1. The fraction of sp³-hybridized carbons (Fsp3) is 0.150. The summed E-state index contributed by atoms with van der Waals surface area (Å²) in [5, 5.41) is 0.764. The number of allylic oxidation sites excluding steroid dienone is 4. The second-order valence-corrected chi connectivity index (χ2v) is 6.36. The summed E-state index contributed by atoms with van der Waals surface area (Å²) in [6.45, 7) is 0.927. The second kappa shape index (κ2) is 5.71. The first-order valence-corrected chi connectivity index (χ1v) is 8.20. The third-order valence-corrected chi connectivity index (χ3v) is 4.65. The van der Waals surface area contributed by atoms with Crippen molar-refractivity contribution < 1.29 is 4.57 Å². The number of imidazole rings is 1. The molecule has 2 aromatic carbocycles. The highest BCUT2D eigenvalue weighted by Gasteiger charge is 2.25. The zero-order valence-corrected chi connectivity index (χ0v) is 13.7. The molecule has 0 aliphatic heterocycles. The molecular weight excluding hydrogens is 304 g/mol. The van der Waals surface area contributed by atoms with Crippen LogP contribution in [0.5, 0.6) is 0 Å². The molecule has 3 aromatic rings. The summed E-state index contributed by atoms with van der Waals surface area (Å²) >= 11 is 6.23. The van der Waals surface area contributed by atoms with Crippen molar-refractivity contribution in [2.45, 2.75) is 6.54 Å². The minimum atomic E-state index is 0.434. The number of aryl methyl sites for hydroxylation is 1. The van der Waals surface area contributed by atoms with Crippen LogP contribution in [0.4, 0.5) is 0 Å². The number of hydrogen-bond donors (Lipinski definition) is 0. The van der Waals surface area contributed by atoms with Gasteiger partial charge in [0.2, 0.25) is 0 Å². The summed E-state index contributed by atoms with van der Waals surface area (Å²) in [6.07, 6.45) is 8.73. The summed E-state index contributed by atoms with van der Waals surface area (Å²) < 4.78 is 4.65. The number of benzene rings is 2. The van der Waals surface area contributed by atoms with Crippen LogP contribution in [0.2, 0.25) is 5.02 Å². The van der Waals surface area contributed by atoms with E-state index in [-0.39, 0.29) is 0 Å². The van der Waals surface area contributed by atoms with E-state index in [1.165, 1.54) is 16.9 Å². The van der Waals surface area contributed by atoms with E-state index in [9.17, 15) is 0 Å². The lowest BCUT2D eigenvalue weighted by Gasteiger charge is -2.07. The Bertz CT molecular complexity index is 922. The number of hydrogen-bond acceptors (Lipinski definition) is 0. The predicted molar refractivity (Wildman–Crippen MR) is 95.3 cm³/mol. The maximum atomic E-state index is 6.23. The minimum absolute atomic E-state index is 0.434. The number of rotatable bonds is 3. The molecule has 23 heavy (non-hydrogen) atoms. The molecule has 0 saturated carbocycles. The monoisotopic (exact) mass is 321 g/mol. The van der Waals surface area contributed by atoms with Crippen LogP contribution >= 0.6 is 11.6 Å². The minimum Gasteiger partial charge on any atom is -0.226 e. The van der Waals surface area contributed by atoms with Gasteiger partial charge < -0.3 is 0 Å². The highest BCUT2D eigenvalue weighted by atomic mass is 35.5. The summed E-state index contributed by atoms with van der Waals surface area (Å²) in [6, 6.07) is 16.6. The van der Waals surface area contributed by atoms with Gasteiger partial charge in [-0.25, -0.2) is 9.13 Å². The lowest BCUT2D eigenvalue weighted by atomic mass is 10.1. The third-order valence-electron chi connectivity index (χ3n) is 4.41. The average molecular weight is 322 g/mol. The Morgan fingerprint density at radius 1 is 1.04 bits per heavy atom. The van der Waals surface area contributed by atoms with Crippen LogP contribution in [0.25, 0.3) is 22.4 Å². The Hall–Kier alpha value is -2.32.